The van der Waals surface area contributed by atoms with Gasteiger partial charge in [-0.1, -0.05) is 13.0 Å². The van der Waals surface area contributed by atoms with E-state index in [-0.39, 0.29) is 18.0 Å². The molecule has 0 aromatic heterocycles. The van der Waals surface area contributed by atoms with Gasteiger partial charge in [0.15, 0.2) is 0 Å². The Labute approximate surface area is 114 Å². The number of ether oxygens (including phenoxy) is 1. The van der Waals surface area contributed by atoms with Crippen LogP contribution in [-0.2, 0) is 0 Å². The third-order valence-electron chi connectivity index (χ3n) is 3.72. The Hall–Kier alpha value is -1.13. The van der Waals surface area contributed by atoms with Crippen LogP contribution in [0.15, 0.2) is 18.2 Å². The number of nitrogens with one attached hydrogen (secondary N) is 1. The minimum atomic E-state index is -0.283. The summed E-state index contributed by atoms with van der Waals surface area (Å²) in [5.74, 6) is 0.310. The summed E-state index contributed by atoms with van der Waals surface area (Å²) in [6, 6.07) is 4.55. The van der Waals surface area contributed by atoms with Gasteiger partial charge < -0.3 is 15.2 Å². The third kappa shape index (κ3) is 4.48. The summed E-state index contributed by atoms with van der Waals surface area (Å²) in [5, 5.41) is 12.6. The van der Waals surface area contributed by atoms with Crippen molar-refractivity contribution < 1.29 is 14.2 Å². The van der Waals surface area contributed by atoms with Crippen LogP contribution < -0.4 is 10.1 Å². The normalized spacial score (nSPS) is 14.2. The number of halogens is 1. The molecule has 3 nitrogen and oxygen atoms in total. The molecule has 0 spiro atoms. The Kier molecular flexibility index (Phi) is 6.25. The summed E-state index contributed by atoms with van der Waals surface area (Å²) in [6.45, 7) is 4.57. The fraction of sp³-hybridized carbons (Fsp3) is 0.600. The zero-order valence-corrected chi connectivity index (χ0v) is 12.0. The van der Waals surface area contributed by atoms with E-state index in [0.717, 1.165) is 24.8 Å². The van der Waals surface area contributed by atoms with Crippen molar-refractivity contribution in [2.24, 2.45) is 0 Å². The lowest BCUT2D eigenvalue weighted by Gasteiger charge is -2.30. The number of aliphatic hydroxyl groups is 1. The second kappa shape index (κ2) is 7.46. The van der Waals surface area contributed by atoms with Crippen LogP contribution in [0.1, 0.15) is 31.7 Å². The van der Waals surface area contributed by atoms with Gasteiger partial charge in [0.25, 0.3) is 0 Å². The lowest BCUT2D eigenvalue weighted by molar-refractivity contribution is 0.145. The SMILES string of the molecule is CCC(CO)(CCCOc1cc(F)ccc1C)NC. The average Bonchev–Trinajstić information content (AvgIpc) is 2.43. The number of aryl methyl sites for hydroxylation is 1. The first kappa shape index (κ1) is 15.9. The van der Waals surface area contributed by atoms with Gasteiger partial charge in [0, 0.05) is 11.6 Å². The van der Waals surface area contributed by atoms with Gasteiger partial charge in [-0.25, -0.2) is 4.39 Å². The van der Waals surface area contributed by atoms with Crippen molar-refractivity contribution in [2.75, 3.05) is 20.3 Å². The predicted octanol–water partition coefficient (Wildman–Crippen LogP) is 2.65. The molecule has 19 heavy (non-hydrogen) atoms. The Morgan fingerprint density at radius 2 is 2.16 bits per heavy atom. The molecular formula is C15H24FNO2. The Balaban J connectivity index is 2.44. The van der Waals surface area contributed by atoms with E-state index < -0.39 is 0 Å². The lowest BCUT2D eigenvalue weighted by atomic mass is 9.92. The Bertz CT molecular complexity index is 383. The van der Waals surface area contributed by atoms with Gasteiger partial charge in [-0.2, -0.15) is 0 Å². The highest BCUT2D eigenvalue weighted by Crippen LogP contribution is 2.20. The van der Waals surface area contributed by atoms with Crippen molar-refractivity contribution in [3.8, 4) is 5.75 Å². The van der Waals surface area contributed by atoms with Crippen molar-refractivity contribution in [3.63, 3.8) is 0 Å². The van der Waals surface area contributed by atoms with E-state index in [1.807, 2.05) is 20.9 Å². The van der Waals surface area contributed by atoms with Crippen molar-refractivity contribution in [2.45, 2.75) is 38.6 Å². The minimum Gasteiger partial charge on any atom is -0.493 e. The molecule has 1 rings (SSSR count). The monoisotopic (exact) mass is 269 g/mol. The van der Waals surface area contributed by atoms with E-state index in [9.17, 15) is 9.50 Å². The first-order valence-corrected chi connectivity index (χ1v) is 6.75. The van der Waals surface area contributed by atoms with Crippen molar-refractivity contribution in [1.82, 2.24) is 5.32 Å². The maximum Gasteiger partial charge on any atom is 0.126 e. The fourth-order valence-electron chi connectivity index (χ4n) is 2.07. The standard InChI is InChI=1S/C15H24FNO2/c1-4-15(11-18,17-3)8-5-9-19-14-10-13(16)7-6-12(14)2/h6-7,10,17-18H,4-5,8-9,11H2,1-3H3. The summed E-state index contributed by atoms with van der Waals surface area (Å²) in [5.41, 5.74) is 0.694. The molecule has 1 aromatic rings. The zero-order valence-electron chi connectivity index (χ0n) is 12.0. The average molecular weight is 269 g/mol. The van der Waals surface area contributed by atoms with E-state index in [1.54, 1.807) is 6.07 Å². The predicted molar refractivity (Wildman–Crippen MR) is 75.0 cm³/mol. The molecule has 0 radical (unpaired) electrons. The summed E-state index contributed by atoms with van der Waals surface area (Å²) < 4.78 is 18.7. The van der Waals surface area contributed by atoms with Crippen LogP contribution in [0.3, 0.4) is 0 Å². The molecule has 1 aromatic carbocycles. The fourth-order valence-corrected chi connectivity index (χ4v) is 2.07. The molecule has 0 saturated heterocycles. The van der Waals surface area contributed by atoms with E-state index in [1.165, 1.54) is 12.1 Å². The molecule has 0 aliphatic heterocycles. The van der Waals surface area contributed by atoms with Gasteiger partial charge in [0.2, 0.25) is 0 Å². The maximum absolute atomic E-state index is 13.1. The van der Waals surface area contributed by atoms with Crippen molar-refractivity contribution >= 4 is 0 Å². The molecule has 0 aliphatic rings. The van der Waals surface area contributed by atoms with Crippen LogP contribution >= 0.6 is 0 Å². The van der Waals surface area contributed by atoms with Crippen LogP contribution in [0.4, 0.5) is 4.39 Å². The second-order valence-electron chi connectivity index (χ2n) is 4.90. The number of hydrogen-bond donors (Lipinski definition) is 2. The smallest absolute Gasteiger partial charge is 0.126 e. The second-order valence-corrected chi connectivity index (χ2v) is 4.90. The molecule has 1 unspecified atom stereocenters. The van der Waals surface area contributed by atoms with Gasteiger partial charge in [0.1, 0.15) is 11.6 Å². The molecule has 0 heterocycles. The van der Waals surface area contributed by atoms with Crippen molar-refractivity contribution in [3.05, 3.63) is 29.6 Å². The molecule has 0 aliphatic carbocycles. The highest BCUT2D eigenvalue weighted by molar-refractivity contribution is 5.32. The summed E-state index contributed by atoms with van der Waals surface area (Å²) in [7, 11) is 1.86. The molecule has 108 valence electrons. The topological polar surface area (TPSA) is 41.5 Å². The molecule has 4 heteroatoms. The molecule has 0 saturated carbocycles. The van der Waals surface area contributed by atoms with Gasteiger partial charge in [-0.15, -0.1) is 0 Å². The van der Waals surface area contributed by atoms with E-state index in [4.69, 9.17) is 4.74 Å². The molecular weight excluding hydrogens is 245 g/mol. The van der Waals surface area contributed by atoms with Gasteiger partial charge in [-0.3, -0.25) is 0 Å². The maximum atomic E-state index is 13.1. The van der Waals surface area contributed by atoms with Crippen LogP contribution in [0.5, 0.6) is 5.75 Å². The van der Waals surface area contributed by atoms with Crippen LogP contribution in [0, 0.1) is 12.7 Å². The van der Waals surface area contributed by atoms with E-state index >= 15 is 0 Å². The summed E-state index contributed by atoms with van der Waals surface area (Å²) in [4.78, 5) is 0. The minimum absolute atomic E-state index is 0.110. The first-order chi connectivity index (χ1) is 9.06. The quantitative estimate of drug-likeness (QED) is 0.713. The van der Waals surface area contributed by atoms with Crippen molar-refractivity contribution in [1.29, 1.82) is 0 Å². The molecule has 2 N–H and O–H groups in total. The van der Waals surface area contributed by atoms with E-state index in [2.05, 4.69) is 5.32 Å². The van der Waals surface area contributed by atoms with Crippen LogP contribution in [0.2, 0.25) is 0 Å². The Morgan fingerprint density at radius 3 is 2.74 bits per heavy atom. The highest BCUT2D eigenvalue weighted by Gasteiger charge is 2.24. The molecule has 0 bridgehead atoms. The van der Waals surface area contributed by atoms with Crippen LogP contribution in [0.25, 0.3) is 0 Å². The molecule has 0 amide bonds. The summed E-state index contributed by atoms with van der Waals surface area (Å²) >= 11 is 0. The van der Waals surface area contributed by atoms with E-state index in [0.29, 0.717) is 12.4 Å². The Morgan fingerprint density at radius 1 is 1.42 bits per heavy atom. The first-order valence-electron chi connectivity index (χ1n) is 6.75. The summed E-state index contributed by atoms with van der Waals surface area (Å²) in [6.07, 6.45) is 2.50. The zero-order chi connectivity index (χ0) is 14.3. The number of rotatable bonds is 8. The number of benzene rings is 1. The van der Waals surface area contributed by atoms with Gasteiger partial charge >= 0.3 is 0 Å². The third-order valence-corrected chi connectivity index (χ3v) is 3.72. The van der Waals surface area contributed by atoms with Crippen LogP contribution in [-0.4, -0.2) is 30.9 Å². The lowest BCUT2D eigenvalue weighted by Crippen LogP contribution is -2.46. The van der Waals surface area contributed by atoms with Gasteiger partial charge in [-0.05, 0) is 44.9 Å². The number of aliphatic hydroxyl groups excluding tert-OH is 1. The number of hydrogen-bond acceptors (Lipinski definition) is 3. The molecule has 0 fully saturated rings. The largest absolute Gasteiger partial charge is 0.493 e. The number of likely N-dealkylation sites (N-methyl/N-ethyl adjacent to an activating group) is 1. The molecule has 1 atom stereocenters. The highest BCUT2D eigenvalue weighted by atomic mass is 19.1. The van der Waals surface area contributed by atoms with Gasteiger partial charge in [0.05, 0.1) is 13.2 Å².